The van der Waals surface area contributed by atoms with E-state index in [-0.39, 0.29) is 11.9 Å². The minimum Gasteiger partial charge on any atom is -0.392 e. The van der Waals surface area contributed by atoms with Gasteiger partial charge in [0.1, 0.15) is 5.82 Å². The lowest BCUT2D eigenvalue weighted by Crippen LogP contribution is -2.27. The summed E-state index contributed by atoms with van der Waals surface area (Å²) in [5.41, 5.74) is 1.01. The van der Waals surface area contributed by atoms with Crippen LogP contribution in [0.3, 0.4) is 0 Å². The maximum atomic E-state index is 13.0. The van der Waals surface area contributed by atoms with Crippen LogP contribution in [-0.4, -0.2) is 17.8 Å². The van der Waals surface area contributed by atoms with Gasteiger partial charge < -0.3 is 10.4 Å². The van der Waals surface area contributed by atoms with Crippen molar-refractivity contribution in [2.75, 3.05) is 6.54 Å². The molecule has 0 saturated heterocycles. The number of nitrogens with one attached hydrogen (secondary N) is 1. The maximum absolute atomic E-state index is 13.0. The maximum Gasteiger partial charge on any atom is 0.137 e. The fourth-order valence-electron chi connectivity index (χ4n) is 1.66. The fourth-order valence-corrected chi connectivity index (χ4v) is 2.09. The Morgan fingerprint density at radius 1 is 1.50 bits per heavy atom. The summed E-state index contributed by atoms with van der Waals surface area (Å²) in [6.45, 7) is 1.27. The number of benzene rings is 1. The van der Waals surface area contributed by atoms with E-state index in [0.29, 0.717) is 23.5 Å². The molecule has 1 aromatic carbocycles. The summed E-state index contributed by atoms with van der Waals surface area (Å²) in [5, 5.41) is 12.8. The van der Waals surface area contributed by atoms with Crippen LogP contribution in [-0.2, 0) is 6.54 Å². The average Bonchev–Trinajstić information content (AvgIpc) is 3.07. The van der Waals surface area contributed by atoms with Crippen molar-refractivity contribution in [3.05, 3.63) is 34.1 Å². The fraction of sp³-hybridized carbons (Fsp3) is 0.500. The zero-order valence-corrected chi connectivity index (χ0v) is 10.5. The normalized spacial score (nSPS) is 17.4. The van der Waals surface area contributed by atoms with Gasteiger partial charge in [-0.1, -0.05) is 6.07 Å². The van der Waals surface area contributed by atoms with Gasteiger partial charge in [-0.25, -0.2) is 4.39 Å². The molecule has 2 N–H and O–H groups in total. The van der Waals surface area contributed by atoms with Gasteiger partial charge in [0, 0.05) is 13.1 Å². The van der Waals surface area contributed by atoms with Crippen LogP contribution in [0, 0.1) is 11.7 Å². The Balaban J connectivity index is 1.78. The number of aliphatic hydroxyl groups excluding tert-OH is 1. The van der Waals surface area contributed by atoms with Crippen molar-refractivity contribution < 1.29 is 9.50 Å². The van der Waals surface area contributed by atoms with Gasteiger partial charge in [-0.3, -0.25) is 0 Å². The molecule has 16 heavy (non-hydrogen) atoms. The summed E-state index contributed by atoms with van der Waals surface area (Å²) < 4.78 is 13.4. The molecule has 0 radical (unpaired) electrons. The third-order valence-corrected chi connectivity index (χ3v) is 3.44. The number of rotatable bonds is 5. The summed E-state index contributed by atoms with van der Waals surface area (Å²) in [5.74, 6) is 0.245. The minimum atomic E-state index is -0.248. The number of hydrogen-bond donors (Lipinski definition) is 2. The molecule has 0 aliphatic heterocycles. The van der Waals surface area contributed by atoms with Crippen molar-refractivity contribution in [2.45, 2.75) is 25.5 Å². The van der Waals surface area contributed by atoms with Crippen LogP contribution in [0.25, 0.3) is 0 Å². The average molecular weight is 288 g/mol. The molecule has 1 atom stereocenters. The second-order valence-electron chi connectivity index (χ2n) is 4.28. The molecule has 2 nitrogen and oxygen atoms in total. The summed E-state index contributed by atoms with van der Waals surface area (Å²) >= 11 is 3.15. The van der Waals surface area contributed by atoms with Gasteiger partial charge in [-0.05, 0) is 52.4 Å². The molecule has 1 fully saturated rings. The monoisotopic (exact) mass is 287 g/mol. The molecule has 0 aromatic heterocycles. The first kappa shape index (κ1) is 12.0. The van der Waals surface area contributed by atoms with Gasteiger partial charge >= 0.3 is 0 Å². The van der Waals surface area contributed by atoms with Crippen molar-refractivity contribution in [1.29, 1.82) is 0 Å². The van der Waals surface area contributed by atoms with Crippen molar-refractivity contribution >= 4 is 15.9 Å². The van der Waals surface area contributed by atoms with Crippen molar-refractivity contribution in [1.82, 2.24) is 5.32 Å². The largest absolute Gasteiger partial charge is 0.392 e. The van der Waals surface area contributed by atoms with E-state index in [9.17, 15) is 9.50 Å². The molecule has 1 aliphatic carbocycles. The van der Waals surface area contributed by atoms with Gasteiger partial charge in [-0.2, -0.15) is 0 Å². The summed E-state index contributed by atoms with van der Waals surface area (Å²) in [7, 11) is 0. The van der Waals surface area contributed by atoms with Crippen LogP contribution in [0.1, 0.15) is 18.4 Å². The highest BCUT2D eigenvalue weighted by molar-refractivity contribution is 9.10. The number of hydrogen-bond acceptors (Lipinski definition) is 2. The van der Waals surface area contributed by atoms with Crippen LogP contribution >= 0.6 is 15.9 Å². The SMILES string of the molecule is OC(CNCc1ccc(F)c(Br)c1)C1CC1. The number of halogens is 2. The summed E-state index contributed by atoms with van der Waals surface area (Å²) in [6.07, 6.45) is 2.06. The van der Waals surface area contributed by atoms with Gasteiger partial charge in [-0.15, -0.1) is 0 Å². The quantitative estimate of drug-likeness (QED) is 0.872. The molecule has 1 aliphatic rings. The van der Waals surface area contributed by atoms with E-state index < -0.39 is 0 Å². The lowest BCUT2D eigenvalue weighted by molar-refractivity contribution is 0.148. The molecule has 1 aromatic rings. The molecule has 4 heteroatoms. The highest BCUT2D eigenvalue weighted by atomic mass is 79.9. The smallest absolute Gasteiger partial charge is 0.137 e. The van der Waals surface area contributed by atoms with Crippen LogP contribution in [0.15, 0.2) is 22.7 Å². The zero-order chi connectivity index (χ0) is 11.5. The molecule has 2 rings (SSSR count). The van der Waals surface area contributed by atoms with E-state index in [0.717, 1.165) is 18.4 Å². The Labute approximate surface area is 103 Å². The van der Waals surface area contributed by atoms with Gasteiger partial charge in [0.2, 0.25) is 0 Å². The first-order valence-corrected chi connectivity index (χ1v) is 6.29. The van der Waals surface area contributed by atoms with Gasteiger partial charge in [0.25, 0.3) is 0 Å². The molecule has 88 valence electrons. The van der Waals surface area contributed by atoms with E-state index in [4.69, 9.17) is 0 Å². The van der Waals surface area contributed by atoms with E-state index >= 15 is 0 Å². The second kappa shape index (κ2) is 5.25. The third-order valence-electron chi connectivity index (χ3n) is 2.83. The van der Waals surface area contributed by atoms with E-state index in [1.807, 2.05) is 0 Å². The highest BCUT2D eigenvalue weighted by Gasteiger charge is 2.28. The standard InChI is InChI=1S/C12H15BrFNO/c13-10-5-8(1-4-11(10)14)6-15-7-12(16)9-2-3-9/h1,4-5,9,12,15-16H,2-3,6-7H2. The Bertz CT molecular complexity index is 368. The van der Waals surface area contributed by atoms with Crippen molar-refractivity contribution in [3.63, 3.8) is 0 Å². The van der Waals surface area contributed by atoms with E-state index in [1.54, 1.807) is 12.1 Å². The Morgan fingerprint density at radius 3 is 2.88 bits per heavy atom. The van der Waals surface area contributed by atoms with Crippen molar-refractivity contribution in [3.8, 4) is 0 Å². The Kier molecular flexibility index (Phi) is 3.95. The van der Waals surface area contributed by atoms with Gasteiger partial charge in [0.05, 0.1) is 10.6 Å². The van der Waals surface area contributed by atoms with Crippen LogP contribution in [0.2, 0.25) is 0 Å². The van der Waals surface area contributed by atoms with Crippen molar-refractivity contribution in [2.24, 2.45) is 5.92 Å². The third kappa shape index (κ3) is 3.27. The van der Waals surface area contributed by atoms with Crippen LogP contribution in [0.4, 0.5) is 4.39 Å². The first-order chi connectivity index (χ1) is 7.66. The Hall–Kier alpha value is -0.450. The highest BCUT2D eigenvalue weighted by Crippen LogP contribution is 2.32. The Morgan fingerprint density at radius 2 is 2.25 bits per heavy atom. The molecule has 0 heterocycles. The van der Waals surface area contributed by atoms with Crippen LogP contribution < -0.4 is 5.32 Å². The summed E-state index contributed by atoms with van der Waals surface area (Å²) in [6, 6.07) is 4.95. The predicted molar refractivity (Wildman–Crippen MR) is 64.5 cm³/mol. The predicted octanol–water partition coefficient (Wildman–Crippen LogP) is 2.45. The molecular weight excluding hydrogens is 273 g/mol. The lowest BCUT2D eigenvalue weighted by atomic mass is 10.2. The van der Waals surface area contributed by atoms with Crippen LogP contribution in [0.5, 0.6) is 0 Å². The molecule has 1 unspecified atom stereocenters. The molecule has 0 amide bonds. The topological polar surface area (TPSA) is 32.3 Å². The molecule has 0 bridgehead atoms. The first-order valence-electron chi connectivity index (χ1n) is 5.49. The second-order valence-corrected chi connectivity index (χ2v) is 5.14. The van der Waals surface area contributed by atoms with E-state index in [2.05, 4.69) is 21.2 Å². The summed E-state index contributed by atoms with van der Waals surface area (Å²) in [4.78, 5) is 0. The van der Waals surface area contributed by atoms with E-state index in [1.165, 1.54) is 6.07 Å². The number of aliphatic hydroxyl groups is 1. The molecule has 1 saturated carbocycles. The molecular formula is C12H15BrFNO. The minimum absolute atomic E-state index is 0.233. The zero-order valence-electron chi connectivity index (χ0n) is 8.92. The van der Waals surface area contributed by atoms with Gasteiger partial charge in [0.15, 0.2) is 0 Å². The lowest BCUT2D eigenvalue weighted by Gasteiger charge is -2.10. The molecule has 0 spiro atoms.